The first-order valence-corrected chi connectivity index (χ1v) is 26.7. The molecule has 3 aromatic carbocycles. The number of primary amides is 1. The number of pyridine rings is 1. The number of amides is 1. The molecular weight excluding hydrogens is 925 g/mol. The first kappa shape index (κ1) is 46.1. The summed E-state index contributed by atoms with van der Waals surface area (Å²) < 4.78 is 51.0. The van der Waals surface area contributed by atoms with Crippen molar-refractivity contribution in [1.82, 2.24) is 24.7 Å². The fourth-order valence-electron chi connectivity index (χ4n) is 12.9. The summed E-state index contributed by atoms with van der Waals surface area (Å²) in [6.45, 7) is 9.34. The average Bonchev–Trinajstić information content (AvgIpc) is 4.04. The Bertz CT molecular complexity index is 3020. The molecule has 5 fully saturated rings. The molecule has 1 amide bonds. The van der Waals surface area contributed by atoms with E-state index >= 15 is 8.42 Å². The van der Waals surface area contributed by atoms with Gasteiger partial charge in [0, 0.05) is 88.2 Å². The van der Waals surface area contributed by atoms with E-state index in [1.807, 2.05) is 17.0 Å². The number of rotatable bonds is 10. The number of ether oxygens (including phenoxy) is 3. The highest BCUT2D eigenvalue weighted by Crippen LogP contribution is 2.56. The molecule has 1 spiro atoms. The van der Waals surface area contributed by atoms with E-state index in [1.54, 1.807) is 18.3 Å². The summed E-state index contributed by atoms with van der Waals surface area (Å²) in [6.07, 6.45) is 7.84. The van der Waals surface area contributed by atoms with Crippen LogP contribution in [0.3, 0.4) is 0 Å². The number of carbonyl (C=O) groups excluding carboxylic acids is 1. The largest absolute Gasteiger partial charge is 0.489 e. The van der Waals surface area contributed by atoms with Gasteiger partial charge in [-0.25, -0.2) is 8.42 Å². The van der Waals surface area contributed by atoms with Crippen molar-refractivity contribution in [2.75, 3.05) is 94.3 Å². The van der Waals surface area contributed by atoms with E-state index in [0.29, 0.717) is 61.8 Å². The first-order valence-electron chi connectivity index (χ1n) is 25.3. The number of H-pyrrole nitrogens is 1. The van der Waals surface area contributed by atoms with Crippen LogP contribution in [-0.2, 0) is 14.6 Å². The second-order valence-corrected chi connectivity index (χ2v) is 22.9. The minimum atomic E-state index is -4.76. The van der Waals surface area contributed by atoms with E-state index in [4.69, 9.17) is 24.9 Å². The molecule has 18 nitrogen and oxygen atoms in total. The molecule has 2 aromatic heterocycles. The third-order valence-electron chi connectivity index (χ3n) is 16.7. The Balaban J connectivity index is 0.943. The van der Waals surface area contributed by atoms with Gasteiger partial charge in [-0.2, -0.15) is 4.98 Å². The number of nitro groups is 1. The average molecular weight is 987 g/mol. The van der Waals surface area contributed by atoms with Crippen LogP contribution < -0.4 is 30.3 Å². The van der Waals surface area contributed by atoms with E-state index in [2.05, 4.69) is 68.1 Å². The van der Waals surface area contributed by atoms with Gasteiger partial charge >= 0.3 is 0 Å². The van der Waals surface area contributed by atoms with Crippen molar-refractivity contribution in [1.29, 1.82) is 0 Å². The highest BCUT2D eigenvalue weighted by molar-refractivity contribution is 7.91. The zero-order valence-electron chi connectivity index (χ0n) is 40.3. The van der Waals surface area contributed by atoms with Crippen LogP contribution in [0.25, 0.3) is 11.0 Å². The lowest BCUT2D eigenvalue weighted by atomic mass is 9.59. The molecule has 1 aliphatic carbocycles. The second-order valence-electron chi connectivity index (χ2n) is 21.0. The van der Waals surface area contributed by atoms with Crippen molar-refractivity contribution in [2.45, 2.75) is 91.9 Å². The van der Waals surface area contributed by atoms with Gasteiger partial charge in [0.05, 0.1) is 45.4 Å². The number of benzene rings is 3. The Kier molecular flexibility index (Phi) is 11.7. The van der Waals surface area contributed by atoms with Gasteiger partial charge in [0.25, 0.3) is 11.6 Å². The number of aromatic nitrogens is 2. The number of nitrogens with two attached hydrogens (primary N) is 1. The molecule has 4 saturated heterocycles. The Morgan fingerprint density at radius 3 is 2.55 bits per heavy atom. The monoisotopic (exact) mass is 986 g/mol. The van der Waals surface area contributed by atoms with Gasteiger partial charge in [-0.15, -0.1) is 0 Å². The normalized spacial score (nSPS) is 24.9. The minimum absolute atomic E-state index is 0.0131. The molecule has 71 heavy (non-hydrogen) atoms. The number of hydrogen-bond donors (Lipinski definition) is 3. The number of sulfone groups is 1. The van der Waals surface area contributed by atoms with E-state index in [0.717, 1.165) is 76.3 Å². The van der Waals surface area contributed by atoms with Gasteiger partial charge in [0.15, 0.2) is 11.4 Å². The third kappa shape index (κ3) is 8.13. The molecule has 8 heterocycles. The maximum Gasteiger partial charge on any atom is 0.297 e. The van der Waals surface area contributed by atoms with Crippen LogP contribution in [-0.4, -0.2) is 147 Å². The van der Waals surface area contributed by atoms with E-state index in [1.165, 1.54) is 23.6 Å². The fourth-order valence-corrected chi connectivity index (χ4v) is 14.6. The lowest BCUT2D eigenvalue weighted by Gasteiger charge is -2.56. The van der Waals surface area contributed by atoms with Crippen LogP contribution in [0.2, 0.25) is 0 Å². The van der Waals surface area contributed by atoms with Gasteiger partial charge in [-0.1, -0.05) is 24.3 Å². The molecule has 0 unspecified atom stereocenters. The zero-order chi connectivity index (χ0) is 48.8. The number of likely N-dealkylation sites (N-methyl/N-ethyl adjacent to an activating group) is 1. The molecule has 4 N–H and O–H groups in total. The Labute approximate surface area is 413 Å². The van der Waals surface area contributed by atoms with Crippen molar-refractivity contribution in [2.24, 2.45) is 11.1 Å². The SMILES string of the molecule is Cc1ccccc1[C@@H]1CCCN1C1CC2(CCN(c3ccc(C(N)=O)c(N4c5cc6cc[nH]c6nc5O[C@@H]5COCC[C@H]54)c3S(=O)(=O)c3cc4c(c([N+](=O)[O-])c3)N[C@@H](CN3CCN(C)CC3)CO4)CC2)C1. The molecule has 374 valence electrons. The van der Waals surface area contributed by atoms with Crippen LogP contribution in [0, 0.1) is 22.5 Å². The standard InChI is InChI=1S/C52H62N10O8S/c1-32-6-3-4-7-37(32)39-8-5-16-60(39)35-27-52(28-35)13-17-59(18-14-52)41-10-9-38(49(53)63)47(61-40-12-23-68-31-45(40)70-51-43(61)24-33-11-15-54-50(33)56-51)48(41)71(66,67)36-25-42(62(64)65)46-44(26-36)69-30-34(55-46)29-58-21-19-57(2)20-22-58/h3-4,6-7,9-11,15,24-26,34-35,39-40,45,55H,5,8,12-14,16-23,27-31H2,1-2H3,(H2,53,63)(H,54,56)/t34-,39-,40+,45+/m0/s1. The number of nitrogens with zero attached hydrogens (tertiary/aromatic N) is 7. The lowest BCUT2D eigenvalue weighted by Crippen LogP contribution is -2.55. The number of aryl methyl sites for hydroxylation is 1. The summed E-state index contributed by atoms with van der Waals surface area (Å²) in [4.78, 5) is 45.2. The zero-order valence-corrected chi connectivity index (χ0v) is 41.2. The topological polar surface area (TPSA) is 205 Å². The predicted molar refractivity (Wildman–Crippen MR) is 269 cm³/mol. The first-order chi connectivity index (χ1) is 34.3. The summed E-state index contributed by atoms with van der Waals surface area (Å²) in [7, 11) is -2.67. The summed E-state index contributed by atoms with van der Waals surface area (Å²) in [5, 5.41) is 17.2. The predicted octanol–water partition coefficient (Wildman–Crippen LogP) is 6.41. The summed E-state index contributed by atoms with van der Waals surface area (Å²) in [6, 6.07) is 18.5. The third-order valence-corrected chi connectivity index (χ3v) is 18.5. The van der Waals surface area contributed by atoms with Crippen molar-refractivity contribution in [3.05, 3.63) is 93.7 Å². The number of carbonyl (C=O) groups is 1. The van der Waals surface area contributed by atoms with Crippen molar-refractivity contribution < 1.29 is 32.3 Å². The van der Waals surface area contributed by atoms with E-state index in [-0.39, 0.29) is 63.0 Å². The molecule has 12 rings (SSSR count). The molecule has 4 atom stereocenters. The highest BCUT2D eigenvalue weighted by atomic mass is 32.2. The van der Waals surface area contributed by atoms with Crippen LogP contribution >= 0.6 is 0 Å². The van der Waals surface area contributed by atoms with Crippen LogP contribution in [0.5, 0.6) is 11.6 Å². The molecule has 0 radical (unpaired) electrons. The van der Waals surface area contributed by atoms with Crippen LogP contribution in [0.1, 0.15) is 72.5 Å². The summed E-state index contributed by atoms with van der Waals surface area (Å²) in [5.41, 5.74) is 10.4. The Morgan fingerprint density at radius 1 is 0.972 bits per heavy atom. The quantitative estimate of drug-likeness (QED) is 0.102. The second kappa shape index (κ2) is 17.9. The molecule has 7 aliphatic rings. The number of likely N-dealkylation sites (tertiary alicyclic amines) is 1. The van der Waals surface area contributed by atoms with Gasteiger partial charge < -0.3 is 44.9 Å². The smallest absolute Gasteiger partial charge is 0.297 e. The maximum atomic E-state index is 16.2. The van der Waals surface area contributed by atoms with Crippen molar-refractivity contribution >= 4 is 55.2 Å². The van der Waals surface area contributed by atoms with Crippen molar-refractivity contribution in [3.8, 4) is 11.6 Å². The van der Waals surface area contributed by atoms with Crippen LogP contribution in [0.4, 0.5) is 28.4 Å². The molecule has 5 aromatic rings. The molecule has 1 saturated carbocycles. The van der Waals surface area contributed by atoms with Gasteiger partial charge in [-0.05, 0) is 106 Å². The molecule has 19 heteroatoms. The molecule has 0 bridgehead atoms. The number of anilines is 4. The van der Waals surface area contributed by atoms with Crippen LogP contribution in [0.15, 0.2) is 76.7 Å². The van der Waals surface area contributed by atoms with E-state index in [9.17, 15) is 14.9 Å². The number of hydrogen-bond acceptors (Lipinski definition) is 15. The number of nitrogens with one attached hydrogen (secondary N) is 2. The van der Waals surface area contributed by atoms with Gasteiger partial charge in [0.1, 0.15) is 28.9 Å². The minimum Gasteiger partial charge on any atom is -0.489 e. The Hall–Kier alpha value is -5.99. The fraction of sp³-hybridized carbons (Fsp3) is 0.500. The van der Waals surface area contributed by atoms with Gasteiger partial charge in [-0.3, -0.25) is 24.7 Å². The Morgan fingerprint density at radius 2 is 1.77 bits per heavy atom. The summed E-state index contributed by atoms with van der Waals surface area (Å²) >= 11 is 0. The maximum absolute atomic E-state index is 16.2. The number of piperidine rings is 1. The molecular formula is C52H62N10O8S. The van der Waals surface area contributed by atoms with E-state index < -0.39 is 38.5 Å². The lowest BCUT2D eigenvalue weighted by molar-refractivity contribution is -0.384. The van der Waals surface area contributed by atoms with Crippen molar-refractivity contribution in [3.63, 3.8) is 0 Å². The van der Waals surface area contributed by atoms with Gasteiger partial charge in [0.2, 0.25) is 15.7 Å². The highest BCUT2D eigenvalue weighted by Gasteiger charge is 2.51. The number of aromatic amines is 1. The number of nitro benzene ring substituents is 1. The number of fused-ring (bicyclic) bond motifs is 4. The summed E-state index contributed by atoms with van der Waals surface area (Å²) in [5.74, 6) is -0.508. The number of piperazine rings is 1. The molecule has 6 aliphatic heterocycles.